The molecule has 32 heavy (non-hydrogen) atoms. The van der Waals surface area contributed by atoms with E-state index in [0.717, 1.165) is 30.5 Å². The number of carbonyl (C=O) groups is 1. The number of ether oxygens (including phenoxy) is 2. The second-order valence-corrected chi connectivity index (χ2v) is 7.65. The maximum atomic E-state index is 13.1. The van der Waals surface area contributed by atoms with Crippen LogP contribution in [0.5, 0.6) is 11.5 Å². The fourth-order valence-electron chi connectivity index (χ4n) is 3.77. The van der Waals surface area contributed by atoms with Gasteiger partial charge in [-0.05, 0) is 30.5 Å². The van der Waals surface area contributed by atoms with Crippen molar-refractivity contribution in [3.05, 3.63) is 60.7 Å². The number of rotatable bonds is 6. The molecule has 0 aliphatic carbocycles. The van der Waals surface area contributed by atoms with Crippen LogP contribution in [0.15, 0.2) is 54.9 Å². The summed E-state index contributed by atoms with van der Waals surface area (Å²) in [6, 6.07) is 11.5. The summed E-state index contributed by atoms with van der Waals surface area (Å²) in [4.78, 5) is 23.9. The van der Waals surface area contributed by atoms with E-state index in [9.17, 15) is 9.18 Å². The van der Waals surface area contributed by atoms with Gasteiger partial charge in [0, 0.05) is 54.9 Å². The van der Waals surface area contributed by atoms with Gasteiger partial charge in [-0.3, -0.25) is 4.79 Å². The number of hydrogen-bond acceptors (Lipinski definition) is 6. The number of anilines is 2. The van der Waals surface area contributed by atoms with Crippen molar-refractivity contribution in [2.75, 3.05) is 37.5 Å². The van der Waals surface area contributed by atoms with Crippen molar-refractivity contribution in [3.8, 4) is 22.6 Å². The van der Waals surface area contributed by atoms with Gasteiger partial charge in [-0.25, -0.2) is 14.4 Å². The molecule has 7 nitrogen and oxygen atoms in total. The van der Waals surface area contributed by atoms with Gasteiger partial charge in [-0.1, -0.05) is 12.1 Å². The first kappa shape index (κ1) is 21.5. The second kappa shape index (κ2) is 9.64. The smallest absolute Gasteiger partial charge is 0.229 e. The molecule has 1 atom stereocenters. The zero-order valence-electron chi connectivity index (χ0n) is 18.0. The van der Waals surface area contributed by atoms with Crippen LogP contribution in [0, 0.1) is 11.7 Å². The predicted molar refractivity (Wildman–Crippen MR) is 121 cm³/mol. The molecule has 166 valence electrons. The Morgan fingerprint density at radius 1 is 1.03 bits per heavy atom. The molecule has 3 aromatic rings. The van der Waals surface area contributed by atoms with Crippen LogP contribution in [0.3, 0.4) is 0 Å². The lowest BCUT2D eigenvalue weighted by Gasteiger charge is -2.32. The minimum atomic E-state index is -0.281. The van der Waals surface area contributed by atoms with Crippen molar-refractivity contribution in [3.63, 3.8) is 0 Å². The van der Waals surface area contributed by atoms with E-state index < -0.39 is 0 Å². The number of benzene rings is 2. The molecule has 1 aromatic heterocycles. The maximum absolute atomic E-state index is 13.1. The van der Waals surface area contributed by atoms with Crippen molar-refractivity contribution >= 4 is 17.5 Å². The van der Waals surface area contributed by atoms with E-state index >= 15 is 0 Å². The SMILES string of the molecule is COc1cc(NC(=O)[C@H]2CCCN(c3ncc(-c4ccc(F)cc4)cn3)C2)cc(OC)c1. The van der Waals surface area contributed by atoms with E-state index in [4.69, 9.17) is 9.47 Å². The molecule has 4 rings (SSSR count). The summed E-state index contributed by atoms with van der Waals surface area (Å²) in [5.74, 6) is 1.26. The topological polar surface area (TPSA) is 76.6 Å². The molecule has 1 amide bonds. The summed E-state index contributed by atoms with van der Waals surface area (Å²) in [6.45, 7) is 1.31. The van der Waals surface area contributed by atoms with Gasteiger partial charge in [0.2, 0.25) is 11.9 Å². The van der Waals surface area contributed by atoms with Crippen LogP contribution in [-0.2, 0) is 4.79 Å². The minimum Gasteiger partial charge on any atom is -0.497 e. The predicted octanol–water partition coefficient (Wildman–Crippen LogP) is 4.16. The number of nitrogens with one attached hydrogen (secondary N) is 1. The van der Waals surface area contributed by atoms with Crippen molar-refractivity contribution in [2.45, 2.75) is 12.8 Å². The van der Waals surface area contributed by atoms with Crippen LogP contribution in [0.25, 0.3) is 11.1 Å². The standard InChI is InChI=1S/C24H25FN4O3/c1-31-21-10-20(11-22(12-21)32-2)28-23(30)17-4-3-9-29(15-17)24-26-13-18(14-27-24)16-5-7-19(25)8-6-16/h5-8,10-14,17H,3-4,9,15H2,1-2H3,(H,28,30)/t17-/m0/s1. The number of amides is 1. The number of piperidine rings is 1. The lowest BCUT2D eigenvalue weighted by Crippen LogP contribution is -2.41. The van der Waals surface area contributed by atoms with E-state index in [2.05, 4.69) is 15.3 Å². The summed E-state index contributed by atoms with van der Waals surface area (Å²) < 4.78 is 23.7. The van der Waals surface area contributed by atoms with Crippen LogP contribution < -0.4 is 19.7 Å². The molecule has 0 unspecified atom stereocenters. The first-order valence-electron chi connectivity index (χ1n) is 10.4. The molecule has 0 spiro atoms. The van der Waals surface area contributed by atoms with Gasteiger partial charge in [0.15, 0.2) is 0 Å². The Morgan fingerprint density at radius 2 is 1.69 bits per heavy atom. The van der Waals surface area contributed by atoms with Crippen LogP contribution >= 0.6 is 0 Å². The Kier molecular flexibility index (Phi) is 6.49. The number of nitrogens with zero attached hydrogens (tertiary/aromatic N) is 3. The highest BCUT2D eigenvalue weighted by Crippen LogP contribution is 2.28. The van der Waals surface area contributed by atoms with Gasteiger partial charge < -0.3 is 19.7 Å². The van der Waals surface area contributed by atoms with Gasteiger partial charge in [-0.15, -0.1) is 0 Å². The quantitative estimate of drug-likeness (QED) is 0.626. The highest BCUT2D eigenvalue weighted by atomic mass is 19.1. The van der Waals surface area contributed by atoms with Gasteiger partial charge in [-0.2, -0.15) is 0 Å². The van der Waals surface area contributed by atoms with E-state index in [1.165, 1.54) is 12.1 Å². The van der Waals surface area contributed by atoms with Gasteiger partial charge >= 0.3 is 0 Å². The zero-order valence-corrected chi connectivity index (χ0v) is 18.0. The van der Waals surface area contributed by atoms with Crippen molar-refractivity contribution in [2.24, 2.45) is 5.92 Å². The van der Waals surface area contributed by atoms with Crippen molar-refractivity contribution in [1.82, 2.24) is 9.97 Å². The molecule has 0 saturated carbocycles. The van der Waals surface area contributed by atoms with Gasteiger partial charge in [0.1, 0.15) is 17.3 Å². The molecule has 1 N–H and O–H groups in total. The number of methoxy groups -OCH3 is 2. The number of hydrogen-bond donors (Lipinski definition) is 1. The molecule has 2 aromatic carbocycles. The molecule has 8 heteroatoms. The van der Waals surface area contributed by atoms with E-state index in [1.54, 1.807) is 56.9 Å². The average Bonchev–Trinajstić information content (AvgIpc) is 2.84. The monoisotopic (exact) mass is 436 g/mol. The Bertz CT molecular complexity index is 1050. The second-order valence-electron chi connectivity index (χ2n) is 7.65. The van der Waals surface area contributed by atoms with Gasteiger partial charge in [0.25, 0.3) is 0 Å². The Labute approximate surface area is 186 Å². The largest absolute Gasteiger partial charge is 0.497 e. The summed E-state index contributed by atoms with van der Waals surface area (Å²) >= 11 is 0. The first-order chi connectivity index (χ1) is 15.6. The molecule has 1 saturated heterocycles. The third kappa shape index (κ3) is 4.96. The fourth-order valence-corrected chi connectivity index (χ4v) is 3.77. The summed E-state index contributed by atoms with van der Waals surface area (Å²) in [5, 5.41) is 2.97. The van der Waals surface area contributed by atoms with E-state index in [0.29, 0.717) is 29.7 Å². The fraction of sp³-hybridized carbons (Fsp3) is 0.292. The molecule has 2 heterocycles. The molecule has 1 fully saturated rings. The summed E-state index contributed by atoms with van der Waals surface area (Å²) in [7, 11) is 3.14. The minimum absolute atomic E-state index is 0.0621. The van der Waals surface area contributed by atoms with Crippen LogP contribution in [0.2, 0.25) is 0 Å². The number of carbonyl (C=O) groups excluding carboxylic acids is 1. The molecule has 1 aliphatic rings. The van der Waals surface area contributed by atoms with Gasteiger partial charge in [0.05, 0.1) is 20.1 Å². The summed E-state index contributed by atoms with van der Waals surface area (Å²) in [5.41, 5.74) is 2.29. The van der Waals surface area contributed by atoms with Crippen LogP contribution in [-0.4, -0.2) is 43.2 Å². The highest BCUT2D eigenvalue weighted by molar-refractivity contribution is 5.93. The zero-order chi connectivity index (χ0) is 22.5. The average molecular weight is 436 g/mol. The number of halogens is 1. The molecular formula is C24H25FN4O3. The first-order valence-corrected chi connectivity index (χ1v) is 10.4. The Balaban J connectivity index is 1.43. The summed E-state index contributed by atoms with van der Waals surface area (Å²) in [6.07, 6.45) is 5.10. The van der Waals surface area contributed by atoms with E-state index in [1.807, 2.05) is 4.90 Å². The maximum Gasteiger partial charge on any atom is 0.229 e. The molecule has 1 aliphatic heterocycles. The van der Waals surface area contributed by atoms with Crippen molar-refractivity contribution < 1.29 is 18.7 Å². The third-order valence-electron chi connectivity index (χ3n) is 5.51. The van der Waals surface area contributed by atoms with E-state index in [-0.39, 0.29) is 17.6 Å². The van der Waals surface area contributed by atoms with Crippen LogP contribution in [0.1, 0.15) is 12.8 Å². The molecular weight excluding hydrogens is 411 g/mol. The lowest BCUT2D eigenvalue weighted by molar-refractivity contribution is -0.120. The van der Waals surface area contributed by atoms with Crippen LogP contribution in [0.4, 0.5) is 16.0 Å². The van der Waals surface area contributed by atoms with Crippen molar-refractivity contribution in [1.29, 1.82) is 0 Å². The lowest BCUT2D eigenvalue weighted by atomic mass is 9.97. The highest BCUT2D eigenvalue weighted by Gasteiger charge is 2.27. The Morgan fingerprint density at radius 3 is 2.31 bits per heavy atom. The Hall–Kier alpha value is -3.68. The molecule has 0 bridgehead atoms. The number of aromatic nitrogens is 2. The third-order valence-corrected chi connectivity index (χ3v) is 5.51. The molecule has 0 radical (unpaired) electrons. The normalized spacial score (nSPS) is 15.8.